The number of nitrogens with one attached hydrogen (secondary N) is 1. The van der Waals surface area contributed by atoms with Crippen molar-refractivity contribution < 1.29 is 9.53 Å². The predicted octanol–water partition coefficient (Wildman–Crippen LogP) is 4.70. The van der Waals surface area contributed by atoms with E-state index in [1.807, 2.05) is 12.1 Å². The van der Waals surface area contributed by atoms with Gasteiger partial charge < -0.3 is 10.1 Å². The molecule has 144 valence electrons. The SMILES string of the molecule is COc1ccc([C@@H](CNC(=O)c2ccc(Cl)cc2)N2CCCCCC2)cc1. The van der Waals surface area contributed by atoms with Crippen molar-refractivity contribution in [1.82, 2.24) is 10.2 Å². The van der Waals surface area contributed by atoms with Crippen molar-refractivity contribution in [1.29, 1.82) is 0 Å². The molecule has 1 amide bonds. The summed E-state index contributed by atoms with van der Waals surface area (Å²) in [6.07, 6.45) is 4.97. The van der Waals surface area contributed by atoms with Crippen molar-refractivity contribution >= 4 is 17.5 Å². The summed E-state index contributed by atoms with van der Waals surface area (Å²) in [5.41, 5.74) is 1.83. The van der Waals surface area contributed by atoms with Gasteiger partial charge in [0.1, 0.15) is 5.75 Å². The second-order valence-corrected chi connectivity index (χ2v) is 7.39. The van der Waals surface area contributed by atoms with Gasteiger partial charge in [0.05, 0.1) is 13.2 Å². The summed E-state index contributed by atoms with van der Waals surface area (Å²) in [6, 6.07) is 15.3. The molecule has 1 N–H and O–H groups in total. The zero-order valence-corrected chi connectivity index (χ0v) is 16.5. The Morgan fingerprint density at radius 3 is 2.26 bits per heavy atom. The molecule has 5 heteroatoms. The normalized spacial score (nSPS) is 16.4. The summed E-state index contributed by atoms with van der Waals surface area (Å²) in [4.78, 5) is 15.0. The third-order valence-corrected chi connectivity index (χ3v) is 5.40. The topological polar surface area (TPSA) is 41.6 Å². The highest BCUT2D eigenvalue weighted by Crippen LogP contribution is 2.25. The molecule has 0 radical (unpaired) electrons. The molecule has 1 heterocycles. The van der Waals surface area contributed by atoms with E-state index >= 15 is 0 Å². The lowest BCUT2D eigenvalue weighted by atomic mass is 10.0. The number of methoxy groups -OCH3 is 1. The number of halogens is 1. The largest absolute Gasteiger partial charge is 0.497 e. The molecule has 27 heavy (non-hydrogen) atoms. The second-order valence-electron chi connectivity index (χ2n) is 6.96. The monoisotopic (exact) mass is 386 g/mol. The van der Waals surface area contributed by atoms with Crippen molar-refractivity contribution in [3.63, 3.8) is 0 Å². The Morgan fingerprint density at radius 1 is 1.04 bits per heavy atom. The van der Waals surface area contributed by atoms with Crippen LogP contribution in [0.4, 0.5) is 0 Å². The van der Waals surface area contributed by atoms with Crippen LogP contribution < -0.4 is 10.1 Å². The highest BCUT2D eigenvalue weighted by atomic mass is 35.5. The number of amides is 1. The van der Waals surface area contributed by atoms with E-state index in [9.17, 15) is 4.79 Å². The number of likely N-dealkylation sites (tertiary alicyclic amines) is 1. The smallest absolute Gasteiger partial charge is 0.251 e. The minimum atomic E-state index is -0.0694. The molecule has 2 aromatic rings. The lowest BCUT2D eigenvalue weighted by Gasteiger charge is -2.31. The summed E-state index contributed by atoms with van der Waals surface area (Å²) >= 11 is 5.92. The van der Waals surface area contributed by atoms with E-state index in [2.05, 4.69) is 22.3 Å². The lowest BCUT2D eigenvalue weighted by Crippen LogP contribution is -2.38. The van der Waals surface area contributed by atoms with Crippen LogP contribution in [0.5, 0.6) is 5.75 Å². The van der Waals surface area contributed by atoms with Crippen LogP contribution in [0.15, 0.2) is 48.5 Å². The summed E-state index contributed by atoms with van der Waals surface area (Å²) in [5, 5.41) is 3.74. The number of nitrogens with zero attached hydrogens (tertiary/aromatic N) is 1. The second kappa shape index (κ2) is 9.77. The minimum Gasteiger partial charge on any atom is -0.497 e. The Balaban J connectivity index is 1.73. The molecule has 1 aliphatic rings. The summed E-state index contributed by atoms with van der Waals surface area (Å²) in [5.74, 6) is 0.776. The number of benzene rings is 2. The first-order valence-electron chi connectivity index (χ1n) is 9.59. The fourth-order valence-electron chi connectivity index (χ4n) is 3.58. The van der Waals surface area contributed by atoms with Crippen LogP contribution in [-0.2, 0) is 0 Å². The van der Waals surface area contributed by atoms with Gasteiger partial charge in [0.15, 0.2) is 0 Å². The van der Waals surface area contributed by atoms with Gasteiger partial charge in [-0.25, -0.2) is 0 Å². The summed E-state index contributed by atoms with van der Waals surface area (Å²) < 4.78 is 5.29. The maximum absolute atomic E-state index is 12.6. The average Bonchev–Trinajstić information content (AvgIpc) is 2.98. The zero-order valence-electron chi connectivity index (χ0n) is 15.8. The molecule has 0 aromatic heterocycles. The first-order valence-corrected chi connectivity index (χ1v) is 9.97. The molecule has 3 rings (SSSR count). The summed E-state index contributed by atoms with van der Waals surface area (Å²) in [6.45, 7) is 2.70. The van der Waals surface area contributed by atoms with Gasteiger partial charge in [-0.05, 0) is 67.9 Å². The van der Waals surface area contributed by atoms with Crippen LogP contribution in [0.2, 0.25) is 5.02 Å². The lowest BCUT2D eigenvalue weighted by molar-refractivity contribution is 0.0933. The van der Waals surface area contributed by atoms with E-state index in [-0.39, 0.29) is 11.9 Å². The Kier molecular flexibility index (Phi) is 7.13. The van der Waals surface area contributed by atoms with Crippen LogP contribution in [0.1, 0.15) is 47.6 Å². The first kappa shape index (κ1) is 19.7. The Bertz CT molecular complexity index is 723. The van der Waals surface area contributed by atoms with Gasteiger partial charge in [-0.1, -0.05) is 36.6 Å². The number of rotatable bonds is 6. The first-order chi connectivity index (χ1) is 13.2. The van der Waals surface area contributed by atoms with Crippen LogP contribution in [0, 0.1) is 0 Å². The van der Waals surface area contributed by atoms with E-state index in [0.29, 0.717) is 17.1 Å². The van der Waals surface area contributed by atoms with Gasteiger partial charge in [0, 0.05) is 17.1 Å². The van der Waals surface area contributed by atoms with E-state index in [4.69, 9.17) is 16.3 Å². The fraction of sp³-hybridized carbons (Fsp3) is 0.409. The predicted molar refractivity (Wildman–Crippen MR) is 110 cm³/mol. The number of hydrogen-bond donors (Lipinski definition) is 1. The van der Waals surface area contributed by atoms with Crippen LogP contribution >= 0.6 is 11.6 Å². The van der Waals surface area contributed by atoms with Gasteiger partial charge in [0.25, 0.3) is 5.91 Å². The fourth-order valence-corrected chi connectivity index (χ4v) is 3.71. The third-order valence-electron chi connectivity index (χ3n) is 5.14. The molecule has 0 saturated carbocycles. The van der Waals surface area contributed by atoms with Gasteiger partial charge in [-0.3, -0.25) is 9.69 Å². The van der Waals surface area contributed by atoms with Crippen LogP contribution in [-0.4, -0.2) is 37.6 Å². The number of carbonyl (C=O) groups is 1. The minimum absolute atomic E-state index is 0.0694. The molecule has 0 aliphatic carbocycles. The molecule has 2 aromatic carbocycles. The molecule has 1 aliphatic heterocycles. The van der Waals surface area contributed by atoms with Gasteiger partial charge in [-0.2, -0.15) is 0 Å². The zero-order chi connectivity index (χ0) is 19.1. The highest BCUT2D eigenvalue weighted by Gasteiger charge is 2.22. The van der Waals surface area contributed by atoms with Gasteiger partial charge >= 0.3 is 0 Å². The third kappa shape index (κ3) is 5.47. The van der Waals surface area contributed by atoms with Crippen molar-refractivity contribution in [3.05, 3.63) is 64.7 Å². The number of ether oxygens (including phenoxy) is 1. The van der Waals surface area contributed by atoms with Gasteiger partial charge in [0.2, 0.25) is 0 Å². The van der Waals surface area contributed by atoms with E-state index in [1.165, 1.54) is 31.2 Å². The van der Waals surface area contributed by atoms with E-state index in [0.717, 1.165) is 18.8 Å². The Labute approximate surface area is 166 Å². The molecule has 1 atom stereocenters. The quantitative estimate of drug-likeness (QED) is 0.782. The molecular formula is C22H27ClN2O2. The summed E-state index contributed by atoms with van der Waals surface area (Å²) in [7, 11) is 1.67. The highest BCUT2D eigenvalue weighted by molar-refractivity contribution is 6.30. The average molecular weight is 387 g/mol. The maximum atomic E-state index is 12.6. The molecule has 4 nitrogen and oxygen atoms in total. The van der Waals surface area contributed by atoms with Crippen molar-refractivity contribution in [3.8, 4) is 5.75 Å². The van der Waals surface area contributed by atoms with Gasteiger partial charge in [-0.15, -0.1) is 0 Å². The molecular weight excluding hydrogens is 360 g/mol. The Morgan fingerprint density at radius 2 is 1.67 bits per heavy atom. The van der Waals surface area contributed by atoms with Crippen LogP contribution in [0.3, 0.4) is 0 Å². The van der Waals surface area contributed by atoms with Crippen molar-refractivity contribution in [2.45, 2.75) is 31.7 Å². The van der Waals surface area contributed by atoms with Crippen LogP contribution in [0.25, 0.3) is 0 Å². The van der Waals surface area contributed by atoms with E-state index in [1.54, 1.807) is 31.4 Å². The molecule has 0 bridgehead atoms. The van der Waals surface area contributed by atoms with E-state index < -0.39 is 0 Å². The molecule has 1 fully saturated rings. The molecule has 1 saturated heterocycles. The van der Waals surface area contributed by atoms with Crippen molar-refractivity contribution in [2.24, 2.45) is 0 Å². The number of carbonyl (C=O) groups excluding carboxylic acids is 1. The van der Waals surface area contributed by atoms with Crippen molar-refractivity contribution in [2.75, 3.05) is 26.7 Å². The Hall–Kier alpha value is -2.04. The molecule has 0 spiro atoms. The molecule has 0 unspecified atom stereocenters. The maximum Gasteiger partial charge on any atom is 0.251 e. The standard InChI is InChI=1S/C22H27ClN2O2/c1-27-20-12-8-17(9-13-20)21(25-14-4-2-3-5-15-25)16-24-22(26)18-6-10-19(23)11-7-18/h6-13,21H,2-5,14-16H2,1H3,(H,24,26)/t21-/m1/s1. The number of hydrogen-bond acceptors (Lipinski definition) is 3.